The summed E-state index contributed by atoms with van der Waals surface area (Å²) in [7, 11) is 3.57. The van der Waals surface area contributed by atoms with Crippen LogP contribution in [0.15, 0.2) is 20.7 Å². The van der Waals surface area contributed by atoms with Gasteiger partial charge in [-0.1, -0.05) is 0 Å². The predicted octanol–water partition coefficient (Wildman–Crippen LogP) is 0.871. The van der Waals surface area contributed by atoms with E-state index in [2.05, 4.69) is 9.98 Å². The summed E-state index contributed by atoms with van der Waals surface area (Å²) >= 11 is 3.23. The number of nitrogens with zero attached hydrogens (tertiary/aromatic N) is 2. The standard InChI is InChI=1S/C6H8N2S2/c1-7-5-6(8-2)10-4-3-9-5/h3-4H,1-2H3. The molecule has 0 aliphatic carbocycles. The molecule has 0 aliphatic rings. The first-order valence-corrected chi connectivity index (χ1v) is 4.56. The molecule has 54 valence electrons. The first-order valence-electron chi connectivity index (χ1n) is 2.80. The molecule has 0 fully saturated rings. The topological polar surface area (TPSA) is 24.7 Å². The van der Waals surface area contributed by atoms with Crippen LogP contribution in [0.2, 0.25) is 0 Å². The molecule has 10 heavy (non-hydrogen) atoms. The maximum Gasteiger partial charge on any atom is 0.146 e. The molecule has 0 aliphatic heterocycles. The molecule has 1 aromatic heterocycles. The third-order valence-electron chi connectivity index (χ3n) is 1.00. The summed E-state index contributed by atoms with van der Waals surface area (Å²) in [4.78, 5) is 8.15. The lowest BCUT2D eigenvalue weighted by Crippen LogP contribution is -2.18. The second-order valence-electron chi connectivity index (χ2n) is 1.57. The van der Waals surface area contributed by atoms with Crippen LogP contribution in [-0.2, 0) is 0 Å². The molecule has 0 aromatic carbocycles. The van der Waals surface area contributed by atoms with Crippen LogP contribution in [0.5, 0.6) is 0 Å². The number of hydrogen-bond donors (Lipinski definition) is 0. The fourth-order valence-corrected chi connectivity index (χ4v) is 2.17. The van der Waals surface area contributed by atoms with E-state index in [0.717, 1.165) is 9.34 Å². The van der Waals surface area contributed by atoms with Crippen molar-refractivity contribution in [3.05, 3.63) is 20.1 Å². The van der Waals surface area contributed by atoms with E-state index in [1.54, 1.807) is 36.8 Å². The van der Waals surface area contributed by atoms with Gasteiger partial charge in [0.05, 0.1) is 0 Å². The van der Waals surface area contributed by atoms with Gasteiger partial charge in [0.2, 0.25) is 0 Å². The van der Waals surface area contributed by atoms with E-state index in [-0.39, 0.29) is 0 Å². The molecular formula is C6H8N2S2. The third kappa shape index (κ3) is 1.52. The van der Waals surface area contributed by atoms with Crippen LogP contribution in [0.3, 0.4) is 0 Å². The third-order valence-corrected chi connectivity index (χ3v) is 3.05. The Hall–Kier alpha value is -0.480. The molecule has 1 rings (SSSR count). The van der Waals surface area contributed by atoms with Gasteiger partial charge in [0.1, 0.15) is 9.34 Å². The number of rotatable bonds is 0. The lowest BCUT2D eigenvalue weighted by molar-refractivity contribution is 1.24. The highest BCUT2D eigenvalue weighted by atomic mass is 32.1. The first kappa shape index (κ1) is 7.63. The maximum absolute atomic E-state index is 4.08. The smallest absolute Gasteiger partial charge is 0.146 e. The Morgan fingerprint density at radius 3 is 1.70 bits per heavy atom. The van der Waals surface area contributed by atoms with Gasteiger partial charge in [-0.15, -0.1) is 22.7 Å². The predicted molar refractivity (Wildman–Crippen MR) is 45.2 cm³/mol. The van der Waals surface area contributed by atoms with Gasteiger partial charge in [0, 0.05) is 24.9 Å². The maximum atomic E-state index is 4.08. The molecule has 0 N–H and O–H groups in total. The van der Waals surface area contributed by atoms with E-state index in [9.17, 15) is 0 Å². The Morgan fingerprint density at radius 1 is 1.00 bits per heavy atom. The Bertz CT molecular complexity index is 288. The lowest BCUT2D eigenvalue weighted by Gasteiger charge is -1.82. The van der Waals surface area contributed by atoms with Crippen molar-refractivity contribution in [2.75, 3.05) is 14.1 Å². The Labute approximate surface area is 67.3 Å². The van der Waals surface area contributed by atoms with Crippen LogP contribution in [0.25, 0.3) is 0 Å². The Kier molecular flexibility index (Phi) is 2.77. The molecule has 0 unspecified atom stereocenters. The normalized spacial score (nSPS) is 14.2. The van der Waals surface area contributed by atoms with Crippen molar-refractivity contribution in [3.63, 3.8) is 0 Å². The quantitative estimate of drug-likeness (QED) is 0.555. The average molecular weight is 172 g/mol. The van der Waals surface area contributed by atoms with Crippen LogP contribution in [0.4, 0.5) is 0 Å². The SMILES string of the molecule is CN=c1sccsc1=NC. The molecular weight excluding hydrogens is 164 g/mol. The van der Waals surface area contributed by atoms with Crippen molar-refractivity contribution in [2.45, 2.75) is 0 Å². The van der Waals surface area contributed by atoms with E-state index in [1.807, 2.05) is 10.8 Å². The zero-order valence-corrected chi connectivity index (χ0v) is 7.50. The fraction of sp³-hybridized carbons (Fsp3) is 0.333. The minimum atomic E-state index is 1.01. The second kappa shape index (κ2) is 3.63. The first-order chi connectivity index (χ1) is 4.88. The minimum absolute atomic E-state index is 1.01. The van der Waals surface area contributed by atoms with Crippen molar-refractivity contribution in [3.8, 4) is 0 Å². The van der Waals surface area contributed by atoms with Gasteiger partial charge < -0.3 is 0 Å². The van der Waals surface area contributed by atoms with Crippen molar-refractivity contribution < 1.29 is 0 Å². The summed E-state index contributed by atoms with van der Waals surface area (Å²) in [5.41, 5.74) is 0. The van der Waals surface area contributed by atoms with Gasteiger partial charge in [-0.25, -0.2) is 0 Å². The summed E-state index contributed by atoms with van der Waals surface area (Å²) < 4.78 is 2.02. The zero-order valence-electron chi connectivity index (χ0n) is 5.87. The van der Waals surface area contributed by atoms with Crippen LogP contribution in [0.1, 0.15) is 0 Å². The summed E-state index contributed by atoms with van der Waals surface area (Å²) in [6, 6.07) is 0. The van der Waals surface area contributed by atoms with Crippen molar-refractivity contribution in [1.29, 1.82) is 0 Å². The molecule has 0 amide bonds. The van der Waals surface area contributed by atoms with Crippen LogP contribution in [-0.4, -0.2) is 14.1 Å². The van der Waals surface area contributed by atoms with Crippen LogP contribution in [0, 0.1) is 0 Å². The van der Waals surface area contributed by atoms with E-state index in [1.165, 1.54) is 0 Å². The van der Waals surface area contributed by atoms with Crippen LogP contribution >= 0.6 is 22.7 Å². The molecule has 0 saturated heterocycles. The highest BCUT2D eigenvalue weighted by molar-refractivity contribution is 7.14. The molecule has 4 heteroatoms. The van der Waals surface area contributed by atoms with Gasteiger partial charge in [0.25, 0.3) is 0 Å². The summed E-state index contributed by atoms with van der Waals surface area (Å²) in [6.45, 7) is 0. The molecule has 2 nitrogen and oxygen atoms in total. The largest absolute Gasteiger partial charge is 0.275 e. The van der Waals surface area contributed by atoms with E-state index in [4.69, 9.17) is 0 Å². The van der Waals surface area contributed by atoms with Crippen molar-refractivity contribution in [1.82, 2.24) is 0 Å². The molecule has 0 radical (unpaired) electrons. The molecule has 0 saturated carbocycles. The van der Waals surface area contributed by atoms with E-state index >= 15 is 0 Å². The Balaban J connectivity index is 3.53. The van der Waals surface area contributed by atoms with E-state index < -0.39 is 0 Å². The zero-order chi connectivity index (χ0) is 7.40. The molecule has 0 spiro atoms. The van der Waals surface area contributed by atoms with Gasteiger partial charge in [0.15, 0.2) is 0 Å². The summed E-state index contributed by atoms with van der Waals surface area (Å²) in [5.74, 6) is 0. The lowest BCUT2D eigenvalue weighted by atomic mass is 10.9. The highest BCUT2D eigenvalue weighted by Crippen LogP contribution is 1.86. The van der Waals surface area contributed by atoms with Gasteiger partial charge in [-0.3, -0.25) is 9.98 Å². The molecule has 0 bridgehead atoms. The summed E-state index contributed by atoms with van der Waals surface area (Å²) in [6.07, 6.45) is 0. The second-order valence-corrected chi connectivity index (χ2v) is 3.35. The van der Waals surface area contributed by atoms with Gasteiger partial charge in [-0.2, -0.15) is 0 Å². The Morgan fingerprint density at radius 2 is 1.40 bits per heavy atom. The molecule has 1 heterocycles. The van der Waals surface area contributed by atoms with Crippen molar-refractivity contribution in [2.24, 2.45) is 9.98 Å². The van der Waals surface area contributed by atoms with Gasteiger partial charge >= 0.3 is 0 Å². The molecule has 0 atom stereocenters. The molecule has 1 aromatic rings. The summed E-state index contributed by atoms with van der Waals surface area (Å²) in [5, 5.41) is 4.03. The monoisotopic (exact) mass is 172 g/mol. The van der Waals surface area contributed by atoms with Crippen LogP contribution < -0.4 is 9.34 Å². The minimum Gasteiger partial charge on any atom is -0.275 e. The average Bonchev–Trinajstić information content (AvgIpc) is 2.04. The number of hydrogen-bond acceptors (Lipinski definition) is 4. The van der Waals surface area contributed by atoms with Gasteiger partial charge in [-0.05, 0) is 0 Å². The van der Waals surface area contributed by atoms with E-state index in [0.29, 0.717) is 0 Å². The fourth-order valence-electron chi connectivity index (χ4n) is 0.582. The van der Waals surface area contributed by atoms with Crippen molar-refractivity contribution >= 4 is 22.7 Å². The highest BCUT2D eigenvalue weighted by Gasteiger charge is 1.82.